The first-order valence-electron chi connectivity index (χ1n) is 15.3. The van der Waals surface area contributed by atoms with Crippen LogP contribution in [0.25, 0.3) is 11.4 Å². The van der Waals surface area contributed by atoms with Crippen LogP contribution < -0.4 is 4.74 Å². The number of carbonyl (C=O) groups excluding carboxylic acids is 1. The highest BCUT2D eigenvalue weighted by molar-refractivity contribution is 5.75. The number of aromatic nitrogens is 2. The molecule has 0 unspecified atom stereocenters. The van der Waals surface area contributed by atoms with Gasteiger partial charge in [-0.25, -0.2) is 9.97 Å². The van der Waals surface area contributed by atoms with Crippen LogP contribution in [0, 0.1) is 23.7 Å². The Labute approximate surface area is 225 Å². The van der Waals surface area contributed by atoms with Gasteiger partial charge in [-0.15, -0.1) is 0 Å². The van der Waals surface area contributed by atoms with E-state index in [2.05, 4.69) is 23.8 Å². The summed E-state index contributed by atoms with van der Waals surface area (Å²) in [6.45, 7) is 4.56. The molecule has 4 heteroatoms. The summed E-state index contributed by atoms with van der Waals surface area (Å²) in [5, 5.41) is 0. The molecule has 0 bridgehead atoms. The van der Waals surface area contributed by atoms with Crippen molar-refractivity contribution in [2.24, 2.45) is 23.7 Å². The summed E-state index contributed by atoms with van der Waals surface area (Å²) in [5.41, 5.74) is 2.18. The van der Waals surface area contributed by atoms with Crippen LogP contribution in [-0.2, 0) is 11.2 Å². The molecule has 1 heterocycles. The molecular formula is C33H48N2O2. The zero-order valence-electron chi connectivity index (χ0n) is 23.3. The first kappa shape index (κ1) is 27.8. The van der Waals surface area contributed by atoms with E-state index in [0.29, 0.717) is 5.75 Å². The minimum atomic E-state index is -0.0702. The monoisotopic (exact) mass is 504 g/mol. The lowest BCUT2D eigenvalue weighted by Gasteiger charge is -2.28. The quantitative estimate of drug-likeness (QED) is 0.164. The largest absolute Gasteiger partial charge is 0.426 e. The van der Waals surface area contributed by atoms with Gasteiger partial charge in [-0.1, -0.05) is 78.1 Å². The van der Waals surface area contributed by atoms with E-state index in [1.165, 1.54) is 76.2 Å². The van der Waals surface area contributed by atoms with Crippen molar-refractivity contribution in [3.05, 3.63) is 42.2 Å². The van der Waals surface area contributed by atoms with Gasteiger partial charge in [-0.05, 0) is 86.1 Å². The van der Waals surface area contributed by atoms with Gasteiger partial charge in [0.25, 0.3) is 0 Å². The van der Waals surface area contributed by atoms with Crippen LogP contribution >= 0.6 is 0 Å². The second kappa shape index (κ2) is 14.6. The van der Waals surface area contributed by atoms with E-state index >= 15 is 0 Å². The van der Waals surface area contributed by atoms with Crippen molar-refractivity contribution in [2.75, 3.05) is 0 Å². The first-order valence-corrected chi connectivity index (χ1v) is 15.3. The van der Waals surface area contributed by atoms with Crippen LogP contribution in [-0.4, -0.2) is 15.9 Å². The van der Waals surface area contributed by atoms with Crippen molar-refractivity contribution in [1.29, 1.82) is 0 Å². The lowest BCUT2D eigenvalue weighted by Crippen LogP contribution is -2.25. The Hall–Kier alpha value is -2.23. The molecule has 2 aromatic rings. The van der Waals surface area contributed by atoms with E-state index in [9.17, 15) is 4.79 Å². The Morgan fingerprint density at radius 3 is 1.97 bits per heavy atom. The lowest BCUT2D eigenvalue weighted by atomic mass is 9.78. The maximum absolute atomic E-state index is 12.7. The number of aryl methyl sites for hydroxylation is 1. The van der Waals surface area contributed by atoms with E-state index in [4.69, 9.17) is 4.74 Å². The molecule has 0 radical (unpaired) electrons. The Kier molecular flexibility index (Phi) is 11.0. The molecule has 2 aliphatic rings. The molecule has 0 saturated heterocycles. The van der Waals surface area contributed by atoms with Crippen LogP contribution in [0.5, 0.6) is 5.75 Å². The zero-order chi connectivity index (χ0) is 25.9. The molecule has 1 aromatic heterocycles. The molecule has 37 heavy (non-hydrogen) atoms. The van der Waals surface area contributed by atoms with Crippen molar-refractivity contribution in [3.8, 4) is 17.1 Å². The topological polar surface area (TPSA) is 52.1 Å². The van der Waals surface area contributed by atoms with Gasteiger partial charge in [0.15, 0.2) is 5.82 Å². The molecule has 0 N–H and O–H groups in total. The molecule has 0 amide bonds. The highest BCUT2D eigenvalue weighted by Crippen LogP contribution is 2.34. The molecular weight excluding hydrogens is 456 g/mol. The summed E-state index contributed by atoms with van der Waals surface area (Å²) < 4.78 is 5.73. The van der Waals surface area contributed by atoms with Crippen molar-refractivity contribution in [2.45, 2.75) is 117 Å². The predicted octanol–water partition coefficient (Wildman–Crippen LogP) is 8.97. The van der Waals surface area contributed by atoms with Crippen LogP contribution in [0.15, 0.2) is 36.7 Å². The number of hydrogen-bond acceptors (Lipinski definition) is 4. The molecule has 2 saturated carbocycles. The second-order valence-corrected chi connectivity index (χ2v) is 11.8. The van der Waals surface area contributed by atoms with E-state index in [0.717, 1.165) is 61.2 Å². The van der Waals surface area contributed by atoms with Crippen molar-refractivity contribution in [1.82, 2.24) is 9.97 Å². The number of carbonyl (C=O) groups is 1. The standard InChI is InChI=1S/C33H48N2O2/c1-3-5-6-8-26-15-17-30(18-16-26)33(36)37-31-21-19-29(20-22-31)32-34-23-28(24-35-32)14-13-27-11-9-25(7-4-2)10-12-27/h19-27,30H,3-18H2,1-2H3/t25-,26-,27-,30-. The number of esters is 1. The molecule has 2 aliphatic carbocycles. The second-order valence-electron chi connectivity index (χ2n) is 11.8. The number of rotatable bonds is 12. The van der Waals surface area contributed by atoms with E-state index < -0.39 is 0 Å². The number of nitrogens with zero attached hydrogens (tertiary/aromatic N) is 2. The fraction of sp³-hybridized carbons (Fsp3) is 0.667. The normalized spacial score (nSPS) is 24.1. The average Bonchev–Trinajstić information content (AvgIpc) is 2.94. The maximum Gasteiger partial charge on any atom is 0.314 e. The molecule has 4 rings (SSSR count). The molecule has 4 nitrogen and oxygen atoms in total. The van der Waals surface area contributed by atoms with Gasteiger partial charge in [0, 0.05) is 18.0 Å². The Balaban J connectivity index is 1.19. The average molecular weight is 505 g/mol. The number of unbranched alkanes of at least 4 members (excludes halogenated alkanes) is 2. The van der Waals surface area contributed by atoms with Gasteiger partial charge >= 0.3 is 5.97 Å². The Morgan fingerprint density at radius 1 is 0.757 bits per heavy atom. The summed E-state index contributed by atoms with van der Waals surface area (Å²) in [5.74, 6) is 3.95. The Morgan fingerprint density at radius 2 is 1.35 bits per heavy atom. The minimum absolute atomic E-state index is 0.0457. The molecule has 0 spiro atoms. The van der Waals surface area contributed by atoms with E-state index in [1.807, 2.05) is 36.7 Å². The minimum Gasteiger partial charge on any atom is -0.426 e. The van der Waals surface area contributed by atoms with Gasteiger partial charge in [-0.2, -0.15) is 0 Å². The molecule has 1 aromatic carbocycles. The van der Waals surface area contributed by atoms with Gasteiger partial charge in [0.1, 0.15) is 5.75 Å². The van der Waals surface area contributed by atoms with Crippen LogP contribution in [0.2, 0.25) is 0 Å². The maximum atomic E-state index is 12.7. The third-order valence-corrected chi connectivity index (χ3v) is 8.94. The van der Waals surface area contributed by atoms with Gasteiger partial charge in [0.05, 0.1) is 5.92 Å². The highest BCUT2D eigenvalue weighted by Gasteiger charge is 2.27. The molecule has 2 fully saturated rings. The summed E-state index contributed by atoms with van der Waals surface area (Å²) in [7, 11) is 0. The predicted molar refractivity (Wildman–Crippen MR) is 151 cm³/mol. The summed E-state index contributed by atoms with van der Waals surface area (Å²) >= 11 is 0. The highest BCUT2D eigenvalue weighted by atomic mass is 16.5. The van der Waals surface area contributed by atoms with E-state index in [-0.39, 0.29) is 11.9 Å². The fourth-order valence-corrected chi connectivity index (χ4v) is 6.46. The Bertz CT molecular complexity index is 924. The van der Waals surface area contributed by atoms with Crippen LogP contribution in [0.3, 0.4) is 0 Å². The fourth-order valence-electron chi connectivity index (χ4n) is 6.46. The summed E-state index contributed by atoms with van der Waals surface area (Å²) in [6, 6.07) is 7.65. The molecule has 202 valence electrons. The first-order chi connectivity index (χ1) is 18.1. The summed E-state index contributed by atoms with van der Waals surface area (Å²) in [6.07, 6.45) is 24.1. The van der Waals surface area contributed by atoms with Gasteiger partial charge in [0.2, 0.25) is 0 Å². The number of ether oxygens (including phenoxy) is 1. The summed E-state index contributed by atoms with van der Waals surface area (Å²) in [4.78, 5) is 22.0. The molecule has 0 aliphatic heterocycles. The smallest absolute Gasteiger partial charge is 0.314 e. The van der Waals surface area contributed by atoms with Crippen LogP contribution in [0.1, 0.15) is 116 Å². The SMILES string of the molecule is CCCCC[C@H]1CC[C@H](C(=O)Oc2ccc(-c3ncc(CC[C@H]4CC[C@H](CCC)CC4)cn3)cc2)CC1. The number of hydrogen-bond donors (Lipinski definition) is 0. The van der Waals surface area contributed by atoms with E-state index in [1.54, 1.807) is 0 Å². The third-order valence-electron chi connectivity index (χ3n) is 8.94. The van der Waals surface area contributed by atoms with Gasteiger partial charge < -0.3 is 4.74 Å². The van der Waals surface area contributed by atoms with Gasteiger partial charge in [-0.3, -0.25) is 4.79 Å². The van der Waals surface area contributed by atoms with Crippen molar-refractivity contribution >= 4 is 5.97 Å². The lowest BCUT2D eigenvalue weighted by molar-refractivity contribution is -0.140. The third kappa shape index (κ3) is 8.65. The number of benzene rings is 1. The van der Waals surface area contributed by atoms with Crippen molar-refractivity contribution < 1.29 is 9.53 Å². The van der Waals surface area contributed by atoms with Crippen LogP contribution in [0.4, 0.5) is 0 Å². The molecule has 0 atom stereocenters. The zero-order valence-corrected chi connectivity index (χ0v) is 23.3. The van der Waals surface area contributed by atoms with Crippen molar-refractivity contribution in [3.63, 3.8) is 0 Å².